The molecule has 4 nitrogen and oxygen atoms in total. The van der Waals surface area contributed by atoms with E-state index in [-0.39, 0.29) is 5.91 Å². The Morgan fingerprint density at radius 2 is 1.84 bits per heavy atom. The van der Waals surface area contributed by atoms with E-state index in [0.717, 1.165) is 30.8 Å². The van der Waals surface area contributed by atoms with Crippen LogP contribution in [0.4, 0.5) is 0 Å². The number of piperidine rings is 1. The van der Waals surface area contributed by atoms with E-state index in [9.17, 15) is 4.79 Å². The Hall–Kier alpha value is -0.610. The Balaban J connectivity index is 1.47. The van der Waals surface area contributed by atoms with Crippen molar-refractivity contribution in [1.82, 2.24) is 15.1 Å². The second-order valence-corrected chi connectivity index (χ2v) is 6.73. The third-order valence-corrected chi connectivity index (χ3v) is 5.35. The van der Waals surface area contributed by atoms with Crippen LogP contribution < -0.4 is 5.32 Å². The van der Waals surface area contributed by atoms with Gasteiger partial charge in [0, 0.05) is 33.2 Å². The number of carbonyl (C=O) groups is 1. The maximum atomic E-state index is 11.5. The van der Waals surface area contributed by atoms with Crippen molar-refractivity contribution >= 4 is 5.91 Å². The molecule has 4 heteroatoms. The van der Waals surface area contributed by atoms with Gasteiger partial charge in [0.25, 0.3) is 0 Å². The van der Waals surface area contributed by atoms with E-state index in [0.29, 0.717) is 6.54 Å². The molecule has 0 radical (unpaired) electrons. The molecule has 1 N–H and O–H groups in total. The van der Waals surface area contributed by atoms with Crippen molar-refractivity contribution in [1.29, 1.82) is 0 Å². The summed E-state index contributed by atoms with van der Waals surface area (Å²) in [6.45, 7) is 6.73. The summed E-state index contributed by atoms with van der Waals surface area (Å²) >= 11 is 0. The van der Waals surface area contributed by atoms with Crippen molar-refractivity contribution in [2.24, 2.45) is 17.8 Å². The Kier molecular flexibility index (Phi) is 4.08. The lowest BCUT2D eigenvalue weighted by atomic mass is 9.85. The Labute approximate surface area is 116 Å². The van der Waals surface area contributed by atoms with Crippen molar-refractivity contribution in [2.75, 3.05) is 46.3 Å². The minimum atomic E-state index is 0.155. The molecule has 2 heterocycles. The molecule has 0 unspecified atom stereocenters. The molecule has 19 heavy (non-hydrogen) atoms. The minimum Gasteiger partial charge on any atom is -0.358 e. The number of hydrogen-bond donors (Lipinski definition) is 1. The van der Waals surface area contributed by atoms with Crippen LogP contribution in [0.5, 0.6) is 0 Å². The van der Waals surface area contributed by atoms with Crippen molar-refractivity contribution < 1.29 is 4.79 Å². The van der Waals surface area contributed by atoms with Gasteiger partial charge < -0.3 is 10.2 Å². The Morgan fingerprint density at radius 1 is 1.11 bits per heavy atom. The second kappa shape index (κ2) is 5.80. The number of nitrogens with one attached hydrogen (secondary N) is 1. The number of likely N-dealkylation sites (N-methyl/N-ethyl adjacent to an activating group) is 1. The zero-order valence-electron chi connectivity index (χ0n) is 12.1. The van der Waals surface area contributed by atoms with Gasteiger partial charge in [-0.05, 0) is 43.6 Å². The molecule has 2 atom stereocenters. The molecule has 3 aliphatic rings. The third kappa shape index (κ3) is 3.11. The Morgan fingerprint density at radius 3 is 2.53 bits per heavy atom. The van der Waals surface area contributed by atoms with Gasteiger partial charge in [-0.25, -0.2) is 0 Å². The number of rotatable bonds is 4. The van der Waals surface area contributed by atoms with Gasteiger partial charge in [0.15, 0.2) is 0 Å². The molecule has 0 bridgehead atoms. The van der Waals surface area contributed by atoms with Crippen LogP contribution in [-0.2, 0) is 4.79 Å². The zero-order chi connectivity index (χ0) is 13.2. The van der Waals surface area contributed by atoms with Crippen molar-refractivity contribution in [2.45, 2.75) is 25.7 Å². The molecule has 2 saturated heterocycles. The molecule has 0 spiro atoms. The van der Waals surface area contributed by atoms with Crippen LogP contribution in [0.2, 0.25) is 0 Å². The molecule has 0 aromatic carbocycles. The molecular weight excluding hydrogens is 238 g/mol. The predicted octanol–water partition coefficient (Wildman–Crippen LogP) is 0.786. The topological polar surface area (TPSA) is 35.6 Å². The molecule has 1 amide bonds. The monoisotopic (exact) mass is 265 g/mol. The maximum Gasteiger partial charge on any atom is 0.233 e. The highest BCUT2D eigenvalue weighted by atomic mass is 16.1. The van der Waals surface area contributed by atoms with Gasteiger partial charge in [-0.1, -0.05) is 6.42 Å². The van der Waals surface area contributed by atoms with E-state index >= 15 is 0 Å². The highest BCUT2D eigenvalue weighted by Gasteiger charge is 2.38. The van der Waals surface area contributed by atoms with Crippen LogP contribution in [0.15, 0.2) is 0 Å². The fourth-order valence-corrected chi connectivity index (χ4v) is 3.96. The molecule has 1 aliphatic carbocycles. The zero-order valence-corrected chi connectivity index (χ0v) is 12.1. The highest BCUT2D eigenvalue weighted by molar-refractivity contribution is 5.77. The normalized spacial score (nSPS) is 32.9. The van der Waals surface area contributed by atoms with Crippen LogP contribution in [0.1, 0.15) is 25.7 Å². The first-order valence-corrected chi connectivity index (χ1v) is 7.90. The van der Waals surface area contributed by atoms with Crippen LogP contribution in [0, 0.1) is 17.8 Å². The third-order valence-electron chi connectivity index (χ3n) is 5.35. The van der Waals surface area contributed by atoms with Crippen LogP contribution in [0.3, 0.4) is 0 Å². The lowest BCUT2D eigenvalue weighted by Crippen LogP contribution is -2.44. The van der Waals surface area contributed by atoms with E-state index in [1.165, 1.54) is 45.3 Å². The number of carbonyl (C=O) groups excluding carboxylic acids is 1. The molecule has 3 fully saturated rings. The lowest BCUT2D eigenvalue weighted by molar-refractivity contribution is -0.122. The molecule has 0 aromatic rings. The first-order valence-electron chi connectivity index (χ1n) is 7.90. The van der Waals surface area contributed by atoms with Crippen molar-refractivity contribution in [3.63, 3.8) is 0 Å². The summed E-state index contributed by atoms with van der Waals surface area (Å²) in [6.07, 6.45) is 5.64. The van der Waals surface area contributed by atoms with Gasteiger partial charge in [0.05, 0.1) is 6.54 Å². The molecule has 3 rings (SSSR count). The van der Waals surface area contributed by atoms with Gasteiger partial charge in [0.1, 0.15) is 0 Å². The largest absolute Gasteiger partial charge is 0.358 e. The van der Waals surface area contributed by atoms with Gasteiger partial charge in [-0.15, -0.1) is 0 Å². The van der Waals surface area contributed by atoms with Crippen LogP contribution in [0.25, 0.3) is 0 Å². The van der Waals surface area contributed by atoms with E-state index in [1.807, 2.05) is 0 Å². The van der Waals surface area contributed by atoms with E-state index in [1.54, 1.807) is 7.05 Å². The van der Waals surface area contributed by atoms with Crippen LogP contribution >= 0.6 is 0 Å². The maximum absolute atomic E-state index is 11.5. The first kappa shape index (κ1) is 13.4. The van der Waals surface area contributed by atoms with Gasteiger partial charge in [-0.3, -0.25) is 9.69 Å². The quantitative estimate of drug-likeness (QED) is 0.816. The summed E-state index contributed by atoms with van der Waals surface area (Å²) in [4.78, 5) is 16.5. The summed E-state index contributed by atoms with van der Waals surface area (Å²) in [5.41, 5.74) is 0. The van der Waals surface area contributed by atoms with Gasteiger partial charge >= 0.3 is 0 Å². The van der Waals surface area contributed by atoms with Crippen molar-refractivity contribution in [3.8, 4) is 0 Å². The standard InChI is InChI=1S/C15H27N3O/c1-16-15(19)11-17-6-5-13-8-18(10-14(13)9-17)7-12-3-2-4-12/h12-14H,2-11H2,1H3,(H,16,19)/t13-,14+/m0/s1. The number of amides is 1. The summed E-state index contributed by atoms with van der Waals surface area (Å²) < 4.78 is 0. The average Bonchev–Trinajstić information content (AvgIpc) is 2.75. The minimum absolute atomic E-state index is 0.155. The fourth-order valence-electron chi connectivity index (χ4n) is 3.96. The Bertz CT molecular complexity index is 329. The summed E-state index contributed by atoms with van der Waals surface area (Å²) in [6, 6.07) is 0. The highest BCUT2D eigenvalue weighted by Crippen LogP contribution is 2.34. The number of nitrogens with zero attached hydrogens (tertiary/aromatic N) is 2. The SMILES string of the molecule is CNC(=O)CN1CC[C@H]2CN(CC3CCC3)C[C@H]2C1. The molecule has 108 valence electrons. The van der Waals surface area contributed by atoms with E-state index < -0.39 is 0 Å². The number of hydrogen-bond acceptors (Lipinski definition) is 3. The fraction of sp³-hybridized carbons (Fsp3) is 0.933. The smallest absolute Gasteiger partial charge is 0.233 e. The van der Waals surface area contributed by atoms with Crippen LogP contribution in [-0.4, -0.2) is 62.0 Å². The number of likely N-dealkylation sites (tertiary alicyclic amines) is 2. The summed E-state index contributed by atoms with van der Waals surface area (Å²) in [5.74, 6) is 2.84. The summed E-state index contributed by atoms with van der Waals surface area (Å²) in [7, 11) is 1.73. The van der Waals surface area contributed by atoms with Gasteiger partial charge in [-0.2, -0.15) is 0 Å². The summed E-state index contributed by atoms with van der Waals surface area (Å²) in [5, 5.41) is 2.73. The predicted molar refractivity (Wildman–Crippen MR) is 75.9 cm³/mol. The van der Waals surface area contributed by atoms with Gasteiger partial charge in [0.2, 0.25) is 5.91 Å². The number of fused-ring (bicyclic) bond motifs is 1. The lowest BCUT2D eigenvalue weighted by Gasteiger charge is -2.33. The molecule has 1 saturated carbocycles. The first-order chi connectivity index (χ1) is 9.24. The molecule has 0 aromatic heterocycles. The van der Waals surface area contributed by atoms with E-state index in [4.69, 9.17) is 0 Å². The average molecular weight is 265 g/mol. The molecular formula is C15H27N3O. The second-order valence-electron chi connectivity index (χ2n) is 6.73. The van der Waals surface area contributed by atoms with Crippen molar-refractivity contribution in [3.05, 3.63) is 0 Å². The molecule has 2 aliphatic heterocycles. The van der Waals surface area contributed by atoms with E-state index in [2.05, 4.69) is 15.1 Å².